The fraction of sp³-hybridized carbons (Fsp3) is 0.583. The fourth-order valence-corrected chi connectivity index (χ4v) is 1.46. The first-order valence-corrected chi connectivity index (χ1v) is 5.29. The van der Waals surface area contributed by atoms with E-state index in [0.717, 1.165) is 6.42 Å². The van der Waals surface area contributed by atoms with Gasteiger partial charge in [0, 0.05) is 12.0 Å². The Morgan fingerprint density at radius 3 is 2.93 bits per heavy atom. The van der Waals surface area contributed by atoms with Crippen LogP contribution in [-0.2, 0) is 9.53 Å². The van der Waals surface area contributed by atoms with Gasteiger partial charge in [0.1, 0.15) is 6.10 Å². The van der Waals surface area contributed by atoms with Gasteiger partial charge in [0.25, 0.3) is 0 Å². The summed E-state index contributed by atoms with van der Waals surface area (Å²) in [6, 6.07) is 0. The van der Waals surface area contributed by atoms with E-state index in [4.69, 9.17) is 4.74 Å². The van der Waals surface area contributed by atoms with Crippen molar-refractivity contribution < 1.29 is 9.53 Å². The minimum atomic E-state index is -0.242. The van der Waals surface area contributed by atoms with Crippen molar-refractivity contribution in [2.24, 2.45) is 0 Å². The average Bonchev–Trinajstić information content (AvgIpc) is 2.46. The Bertz CT molecular complexity index is 225. The van der Waals surface area contributed by atoms with Gasteiger partial charge in [0.2, 0.25) is 0 Å². The number of carbonyl (C=O) groups excluding carboxylic acids is 1. The summed E-state index contributed by atoms with van der Waals surface area (Å²) < 4.78 is 5.05. The van der Waals surface area contributed by atoms with Crippen LogP contribution in [0.1, 0.15) is 39.0 Å². The summed E-state index contributed by atoms with van der Waals surface area (Å²) >= 11 is 0. The highest BCUT2D eigenvalue weighted by molar-refractivity contribution is 5.90. The number of hydrogen-bond acceptors (Lipinski definition) is 2. The molecule has 0 N–H and O–H groups in total. The molecule has 1 atom stereocenters. The normalized spacial score (nSPS) is 21.9. The molecule has 2 heteroatoms. The van der Waals surface area contributed by atoms with Gasteiger partial charge in [-0.25, -0.2) is 4.79 Å². The van der Waals surface area contributed by atoms with E-state index >= 15 is 0 Å². The monoisotopic (exact) mass is 194 g/mol. The summed E-state index contributed by atoms with van der Waals surface area (Å²) in [4.78, 5) is 11.0. The molecule has 1 saturated heterocycles. The summed E-state index contributed by atoms with van der Waals surface area (Å²) in [5.41, 5.74) is 0.591. The van der Waals surface area contributed by atoms with Crippen LogP contribution in [-0.4, -0.2) is 12.1 Å². The molecule has 0 spiro atoms. The van der Waals surface area contributed by atoms with E-state index in [1.165, 1.54) is 19.3 Å². The maximum atomic E-state index is 11.0. The molecule has 14 heavy (non-hydrogen) atoms. The number of hydrogen-bond donors (Lipinski definition) is 0. The summed E-state index contributed by atoms with van der Waals surface area (Å²) in [6.07, 6.45) is 9.48. The second-order valence-corrected chi connectivity index (χ2v) is 3.68. The fourth-order valence-electron chi connectivity index (χ4n) is 1.46. The lowest BCUT2D eigenvalue weighted by atomic mass is 10.1. The SMILES string of the molecule is C=C1CC(/C=C/CCCCC)OC1=O. The van der Waals surface area contributed by atoms with Crippen LogP contribution in [0.4, 0.5) is 0 Å². The Labute approximate surface area is 85.6 Å². The zero-order chi connectivity index (χ0) is 10.4. The third kappa shape index (κ3) is 3.36. The molecule has 0 aromatic heterocycles. The van der Waals surface area contributed by atoms with Gasteiger partial charge in [0.15, 0.2) is 0 Å². The Kier molecular flexibility index (Phi) is 4.44. The summed E-state index contributed by atoms with van der Waals surface area (Å²) in [5, 5.41) is 0. The molecule has 1 fully saturated rings. The predicted molar refractivity (Wildman–Crippen MR) is 56.9 cm³/mol. The number of esters is 1. The van der Waals surface area contributed by atoms with Gasteiger partial charge in [-0.05, 0) is 18.9 Å². The van der Waals surface area contributed by atoms with Crippen molar-refractivity contribution in [2.75, 3.05) is 0 Å². The van der Waals surface area contributed by atoms with E-state index in [0.29, 0.717) is 12.0 Å². The molecule has 0 radical (unpaired) electrons. The van der Waals surface area contributed by atoms with E-state index < -0.39 is 0 Å². The molecule has 2 nitrogen and oxygen atoms in total. The molecule has 0 saturated carbocycles. The number of rotatable bonds is 5. The first kappa shape index (κ1) is 11.0. The van der Waals surface area contributed by atoms with Crippen molar-refractivity contribution in [3.05, 3.63) is 24.3 Å². The van der Waals surface area contributed by atoms with Crippen LogP contribution in [0.2, 0.25) is 0 Å². The highest BCUT2D eigenvalue weighted by Gasteiger charge is 2.24. The standard InChI is InChI=1S/C12H18O2/c1-3-4-5-6-7-8-11-9-10(2)12(13)14-11/h7-8,11H,2-6,9H2,1H3/b8-7+. The number of ether oxygens (including phenoxy) is 1. The molecule has 1 rings (SSSR count). The van der Waals surface area contributed by atoms with Crippen molar-refractivity contribution >= 4 is 5.97 Å². The Morgan fingerprint density at radius 1 is 1.57 bits per heavy atom. The van der Waals surface area contributed by atoms with Gasteiger partial charge >= 0.3 is 5.97 Å². The number of cyclic esters (lactones) is 1. The van der Waals surface area contributed by atoms with Gasteiger partial charge in [-0.15, -0.1) is 0 Å². The summed E-state index contributed by atoms with van der Waals surface area (Å²) in [5.74, 6) is -0.242. The Morgan fingerprint density at radius 2 is 2.36 bits per heavy atom. The lowest BCUT2D eigenvalue weighted by molar-refractivity contribution is -0.137. The van der Waals surface area contributed by atoms with Gasteiger partial charge in [-0.2, -0.15) is 0 Å². The zero-order valence-corrected chi connectivity index (χ0v) is 8.79. The molecular formula is C12H18O2. The zero-order valence-electron chi connectivity index (χ0n) is 8.79. The molecule has 0 amide bonds. The van der Waals surface area contributed by atoms with Crippen LogP contribution < -0.4 is 0 Å². The molecule has 0 bridgehead atoms. The van der Waals surface area contributed by atoms with Crippen LogP contribution in [0.25, 0.3) is 0 Å². The van der Waals surface area contributed by atoms with Gasteiger partial charge < -0.3 is 4.74 Å². The first-order valence-electron chi connectivity index (χ1n) is 5.29. The summed E-state index contributed by atoms with van der Waals surface area (Å²) in [6.45, 7) is 5.82. The van der Waals surface area contributed by atoms with Crippen LogP contribution in [0, 0.1) is 0 Å². The lowest BCUT2D eigenvalue weighted by Gasteiger charge is -2.00. The number of unbranched alkanes of at least 4 members (excludes halogenated alkanes) is 3. The Balaban J connectivity index is 2.18. The molecule has 0 aliphatic carbocycles. The molecule has 78 valence electrons. The van der Waals surface area contributed by atoms with Crippen LogP contribution >= 0.6 is 0 Å². The van der Waals surface area contributed by atoms with Gasteiger partial charge in [-0.1, -0.05) is 32.4 Å². The first-order chi connectivity index (χ1) is 6.74. The quantitative estimate of drug-likeness (QED) is 0.291. The largest absolute Gasteiger partial charge is 0.454 e. The van der Waals surface area contributed by atoms with E-state index in [2.05, 4.69) is 19.6 Å². The summed E-state index contributed by atoms with van der Waals surface area (Å²) in [7, 11) is 0. The van der Waals surface area contributed by atoms with Gasteiger partial charge in [-0.3, -0.25) is 0 Å². The van der Waals surface area contributed by atoms with Gasteiger partial charge in [0.05, 0.1) is 0 Å². The third-order valence-electron chi connectivity index (χ3n) is 2.32. The molecular weight excluding hydrogens is 176 g/mol. The molecule has 1 aliphatic rings. The molecule has 0 aromatic rings. The highest BCUT2D eigenvalue weighted by atomic mass is 16.5. The second-order valence-electron chi connectivity index (χ2n) is 3.68. The van der Waals surface area contributed by atoms with Crippen LogP contribution in [0.3, 0.4) is 0 Å². The van der Waals surface area contributed by atoms with Crippen molar-refractivity contribution in [1.29, 1.82) is 0 Å². The molecule has 0 aromatic carbocycles. The van der Waals surface area contributed by atoms with E-state index in [1.54, 1.807) is 0 Å². The second kappa shape index (κ2) is 5.63. The number of allylic oxidation sites excluding steroid dienone is 1. The van der Waals surface area contributed by atoms with E-state index in [1.807, 2.05) is 6.08 Å². The highest BCUT2D eigenvalue weighted by Crippen LogP contribution is 2.19. The average molecular weight is 194 g/mol. The van der Waals surface area contributed by atoms with Crippen molar-refractivity contribution in [3.63, 3.8) is 0 Å². The van der Waals surface area contributed by atoms with Crippen LogP contribution in [0.15, 0.2) is 24.3 Å². The molecule has 1 heterocycles. The maximum Gasteiger partial charge on any atom is 0.334 e. The van der Waals surface area contributed by atoms with Crippen molar-refractivity contribution in [2.45, 2.75) is 45.1 Å². The van der Waals surface area contributed by atoms with E-state index in [-0.39, 0.29) is 12.1 Å². The van der Waals surface area contributed by atoms with Crippen molar-refractivity contribution in [3.8, 4) is 0 Å². The maximum absolute atomic E-state index is 11.0. The smallest absolute Gasteiger partial charge is 0.334 e. The Hall–Kier alpha value is -1.05. The van der Waals surface area contributed by atoms with Crippen LogP contribution in [0.5, 0.6) is 0 Å². The topological polar surface area (TPSA) is 26.3 Å². The lowest BCUT2D eigenvalue weighted by Crippen LogP contribution is -2.01. The predicted octanol–water partition coefficient (Wildman–Crippen LogP) is 2.99. The minimum Gasteiger partial charge on any atom is -0.454 e. The minimum absolute atomic E-state index is 0.0587. The molecule has 1 aliphatic heterocycles. The third-order valence-corrected chi connectivity index (χ3v) is 2.32. The number of carbonyl (C=O) groups is 1. The van der Waals surface area contributed by atoms with Crippen molar-refractivity contribution in [1.82, 2.24) is 0 Å². The molecule has 1 unspecified atom stereocenters. The van der Waals surface area contributed by atoms with E-state index in [9.17, 15) is 4.79 Å².